The first-order valence-electron chi connectivity index (χ1n) is 9.23. The van der Waals surface area contributed by atoms with E-state index in [2.05, 4.69) is 0 Å². The highest BCUT2D eigenvalue weighted by molar-refractivity contribution is 7.89. The van der Waals surface area contributed by atoms with Gasteiger partial charge < -0.3 is 14.4 Å². The lowest BCUT2D eigenvalue weighted by Gasteiger charge is -2.43. The van der Waals surface area contributed by atoms with Gasteiger partial charge in [-0.1, -0.05) is 17.7 Å². The summed E-state index contributed by atoms with van der Waals surface area (Å²) in [6.45, 7) is 7.29. The number of hydrogen-bond donors (Lipinski definition) is 0. The number of hydrogen-bond acceptors (Lipinski definition) is 5. The monoisotopic (exact) mass is 396 g/mol. The molecule has 7 nitrogen and oxygen atoms in total. The molecule has 2 aliphatic heterocycles. The molecule has 27 heavy (non-hydrogen) atoms. The van der Waals surface area contributed by atoms with E-state index in [9.17, 15) is 13.2 Å². The number of aryl methyl sites for hydroxylation is 3. The molecule has 2 aliphatic rings. The second-order valence-corrected chi connectivity index (χ2v) is 9.21. The summed E-state index contributed by atoms with van der Waals surface area (Å²) in [6.07, 6.45) is 0.928. The van der Waals surface area contributed by atoms with E-state index in [-0.39, 0.29) is 12.5 Å². The van der Waals surface area contributed by atoms with Crippen LogP contribution in [0.1, 0.15) is 29.5 Å². The van der Waals surface area contributed by atoms with Crippen molar-refractivity contribution in [2.75, 3.05) is 40.0 Å². The van der Waals surface area contributed by atoms with Crippen molar-refractivity contribution < 1.29 is 22.7 Å². The molecular formula is C19H28N2O5S. The number of piperidine rings is 1. The second-order valence-electron chi connectivity index (χ2n) is 7.41. The summed E-state index contributed by atoms with van der Waals surface area (Å²) in [5.41, 5.74) is 1.68. The van der Waals surface area contributed by atoms with Crippen LogP contribution in [-0.4, -0.2) is 69.2 Å². The summed E-state index contributed by atoms with van der Waals surface area (Å²) >= 11 is 0. The lowest BCUT2D eigenvalue weighted by Crippen LogP contribution is -2.56. The number of likely N-dealkylation sites (tertiary alicyclic amines) is 1. The van der Waals surface area contributed by atoms with E-state index in [1.54, 1.807) is 4.90 Å². The fraction of sp³-hybridized carbons (Fsp3) is 0.632. The average molecular weight is 397 g/mol. The summed E-state index contributed by atoms with van der Waals surface area (Å²) in [4.78, 5) is 14.1. The van der Waals surface area contributed by atoms with Crippen molar-refractivity contribution in [3.05, 3.63) is 28.8 Å². The highest BCUT2D eigenvalue weighted by Crippen LogP contribution is 2.39. The highest BCUT2D eigenvalue weighted by atomic mass is 32.2. The van der Waals surface area contributed by atoms with Crippen LogP contribution in [0.25, 0.3) is 0 Å². The van der Waals surface area contributed by atoms with Crippen LogP contribution in [0.4, 0.5) is 0 Å². The number of nitrogens with zero attached hydrogens (tertiary/aromatic N) is 2. The maximum absolute atomic E-state index is 13.5. The van der Waals surface area contributed by atoms with E-state index in [0.717, 1.165) is 16.7 Å². The molecule has 8 heteroatoms. The summed E-state index contributed by atoms with van der Waals surface area (Å²) < 4.78 is 39.5. The molecule has 0 atom stereocenters. The Morgan fingerprint density at radius 2 is 1.74 bits per heavy atom. The number of amides is 1. The standard InChI is InChI=1S/C19H28N2O5S/c1-14-11-15(2)18(16(3)12-14)27(23,24)21-9-10-26-19(21)5-7-20(8-6-19)17(22)13-25-4/h11-12H,5-10,13H2,1-4H3. The number of rotatable bonds is 4. The van der Waals surface area contributed by atoms with Crippen molar-refractivity contribution in [2.45, 2.75) is 44.2 Å². The first kappa shape index (κ1) is 20.3. The van der Waals surface area contributed by atoms with E-state index in [4.69, 9.17) is 9.47 Å². The zero-order valence-corrected chi connectivity index (χ0v) is 17.3. The van der Waals surface area contributed by atoms with E-state index < -0.39 is 15.7 Å². The van der Waals surface area contributed by atoms with Crippen molar-refractivity contribution in [1.82, 2.24) is 9.21 Å². The number of benzene rings is 1. The van der Waals surface area contributed by atoms with Gasteiger partial charge in [0.25, 0.3) is 0 Å². The maximum Gasteiger partial charge on any atom is 0.248 e. The Labute approximate surface area is 161 Å². The molecule has 1 amide bonds. The largest absolute Gasteiger partial charge is 0.375 e. The van der Waals surface area contributed by atoms with Crippen LogP contribution in [-0.2, 0) is 24.3 Å². The molecule has 150 valence electrons. The Bertz CT molecular complexity index is 805. The van der Waals surface area contributed by atoms with Crippen LogP contribution in [0.5, 0.6) is 0 Å². The first-order chi connectivity index (χ1) is 12.7. The van der Waals surface area contributed by atoms with E-state index in [1.807, 2.05) is 32.9 Å². The van der Waals surface area contributed by atoms with Crippen LogP contribution >= 0.6 is 0 Å². The third-order valence-electron chi connectivity index (χ3n) is 5.44. The molecule has 0 unspecified atom stereocenters. The molecule has 1 spiro atoms. The van der Waals surface area contributed by atoms with Crippen molar-refractivity contribution in [3.8, 4) is 0 Å². The van der Waals surface area contributed by atoms with Crippen LogP contribution < -0.4 is 0 Å². The summed E-state index contributed by atoms with van der Waals surface area (Å²) in [7, 11) is -2.20. The summed E-state index contributed by atoms with van der Waals surface area (Å²) in [6, 6.07) is 3.80. The van der Waals surface area contributed by atoms with Crippen molar-refractivity contribution >= 4 is 15.9 Å². The molecular weight excluding hydrogens is 368 g/mol. The molecule has 0 radical (unpaired) electrons. The van der Waals surface area contributed by atoms with E-state index in [1.165, 1.54) is 11.4 Å². The van der Waals surface area contributed by atoms with Gasteiger partial charge in [-0.3, -0.25) is 4.79 Å². The second kappa shape index (κ2) is 7.50. The minimum Gasteiger partial charge on any atom is -0.375 e. The normalized spacial score (nSPS) is 20.4. The van der Waals surface area contributed by atoms with Gasteiger partial charge in [-0.25, -0.2) is 8.42 Å². The van der Waals surface area contributed by atoms with Gasteiger partial charge in [-0.05, 0) is 31.9 Å². The van der Waals surface area contributed by atoms with Gasteiger partial charge in [0.05, 0.1) is 11.5 Å². The van der Waals surface area contributed by atoms with Gasteiger partial charge in [0.15, 0.2) is 0 Å². The molecule has 2 fully saturated rings. The lowest BCUT2D eigenvalue weighted by atomic mass is 10.0. The highest BCUT2D eigenvalue weighted by Gasteiger charge is 2.51. The third kappa shape index (κ3) is 3.63. The molecule has 0 aliphatic carbocycles. The Morgan fingerprint density at radius 3 is 2.30 bits per heavy atom. The van der Waals surface area contributed by atoms with E-state index in [0.29, 0.717) is 44.0 Å². The number of carbonyl (C=O) groups is 1. The van der Waals surface area contributed by atoms with Crippen molar-refractivity contribution in [3.63, 3.8) is 0 Å². The SMILES string of the molecule is COCC(=O)N1CCC2(CC1)OCCN2S(=O)(=O)c1c(C)cc(C)cc1C. The number of sulfonamides is 1. The van der Waals surface area contributed by atoms with Crippen LogP contribution in [0.15, 0.2) is 17.0 Å². The maximum atomic E-state index is 13.5. The zero-order valence-electron chi connectivity index (χ0n) is 16.4. The third-order valence-corrected chi connectivity index (χ3v) is 7.69. The van der Waals surface area contributed by atoms with Gasteiger partial charge >= 0.3 is 0 Å². The van der Waals surface area contributed by atoms with Crippen LogP contribution in [0, 0.1) is 20.8 Å². The molecule has 0 bridgehead atoms. The van der Waals surface area contributed by atoms with Gasteiger partial charge in [0.2, 0.25) is 15.9 Å². The Morgan fingerprint density at radius 1 is 1.15 bits per heavy atom. The molecule has 0 saturated carbocycles. The predicted octanol–water partition coefficient (Wildman–Crippen LogP) is 1.60. The predicted molar refractivity (Wildman–Crippen MR) is 101 cm³/mol. The number of ether oxygens (including phenoxy) is 2. The molecule has 2 saturated heterocycles. The van der Waals surface area contributed by atoms with Gasteiger partial charge in [-0.15, -0.1) is 0 Å². The quantitative estimate of drug-likeness (QED) is 0.773. The first-order valence-corrected chi connectivity index (χ1v) is 10.7. The van der Waals surface area contributed by atoms with E-state index >= 15 is 0 Å². The lowest BCUT2D eigenvalue weighted by molar-refractivity contribution is -0.143. The fourth-order valence-electron chi connectivity index (χ4n) is 4.33. The molecule has 2 heterocycles. The molecule has 0 N–H and O–H groups in total. The summed E-state index contributed by atoms with van der Waals surface area (Å²) in [5.74, 6) is -0.0787. The number of methoxy groups -OCH3 is 1. The minimum absolute atomic E-state index is 0.0393. The topological polar surface area (TPSA) is 76.2 Å². The average Bonchev–Trinajstić information content (AvgIpc) is 2.98. The Kier molecular flexibility index (Phi) is 5.63. The number of carbonyl (C=O) groups excluding carboxylic acids is 1. The molecule has 3 rings (SSSR count). The molecule has 1 aromatic carbocycles. The van der Waals surface area contributed by atoms with Crippen molar-refractivity contribution in [2.24, 2.45) is 0 Å². The minimum atomic E-state index is -3.69. The zero-order chi connectivity index (χ0) is 19.8. The van der Waals surface area contributed by atoms with Gasteiger partial charge in [0, 0.05) is 39.6 Å². The molecule has 1 aromatic rings. The Hall–Kier alpha value is -1.48. The Balaban J connectivity index is 1.88. The fourth-order valence-corrected chi connectivity index (χ4v) is 6.47. The van der Waals surface area contributed by atoms with Crippen LogP contribution in [0.3, 0.4) is 0 Å². The van der Waals surface area contributed by atoms with Gasteiger partial charge in [-0.2, -0.15) is 4.31 Å². The van der Waals surface area contributed by atoms with Crippen LogP contribution in [0.2, 0.25) is 0 Å². The molecule has 0 aromatic heterocycles. The van der Waals surface area contributed by atoms with Crippen molar-refractivity contribution in [1.29, 1.82) is 0 Å². The van der Waals surface area contributed by atoms with Gasteiger partial charge in [0.1, 0.15) is 12.3 Å². The summed E-state index contributed by atoms with van der Waals surface area (Å²) in [5, 5.41) is 0. The smallest absolute Gasteiger partial charge is 0.248 e.